The Morgan fingerprint density at radius 3 is 2.76 bits per heavy atom. The topological polar surface area (TPSA) is 70.8 Å². The number of carbonyl (C=O) groups is 2. The molecule has 0 unspecified atom stereocenters. The standard InChI is InChI=1S/C16H15NO4/c1-17(16(20)14-6-3-9-21-14)11-13-5-2-4-12(10-13)7-8-15(18)19/h2-10H,11H2,1H3,(H,18,19). The molecule has 1 amide bonds. The van der Waals surface area contributed by atoms with Crippen LogP contribution in [-0.2, 0) is 11.3 Å². The van der Waals surface area contributed by atoms with Crippen molar-refractivity contribution in [3.8, 4) is 0 Å². The first kappa shape index (κ1) is 14.6. The van der Waals surface area contributed by atoms with E-state index in [-0.39, 0.29) is 5.91 Å². The summed E-state index contributed by atoms with van der Waals surface area (Å²) in [6, 6.07) is 10.6. The number of carboxylic acids is 1. The third-order valence-corrected chi connectivity index (χ3v) is 2.87. The molecule has 5 heteroatoms. The first-order valence-electron chi connectivity index (χ1n) is 6.35. The molecule has 1 heterocycles. The molecule has 2 rings (SSSR count). The highest BCUT2D eigenvalue weighted by atomic mass is 16.4. The van der Waals surface area contributed by atoms with Crippen molar-refractivity contribution in [2.45, 2.75) is 6.54 Å². The molecule has 0 fully saturated rings. The summed E-state index contributed by atoms with van der Waals surface area (Å²) in [5.41, 5.74) is 1.68. The van der Waals surface area contributed by atoms with Crippen LogP contribution in [0.3, 0.4) is 0 Å². The van der Waals surface area contributed by atoms with Crippen LogP contribution >= 0.6 is 0 Å². The molecule has 1 N–H and O–H groups in total. The normalized spacial score (nSPS) is 10.7. The van der Waals surface area contributed by atoms with Gasteiger partial charge < -0.3 is 14.4 Å². The van der Waals surface area contributed by atoms with Crippen LogP contribution in [0.1, 0.15) is 21.7 Å². The predicted octanol–water partition coefficient (Wildman–Crippen LogP) is 2.65. The summed E-state index contributed by atoms with van der Waals surface area (Å²) in [5.74, 6) is -0.906. The van der Waals surface area contributed by atoms with Crippen molar-refractivity contribution in [3.05, 3.63) is 65.6 Å². The Kier molecular flexibility index (Phi) is 4.56. The lowest BCUT2D eigenvalue weighted by Gasteiger charge is -2.16. The average molecular weight is 285 g/mol. The lowest BCUT2D eigenvalue weighted by molar-refractivity contribution is -0.131. The van der Waals surface area contributed by atoms with E-state index in [1.807, 2.05) is 18.2 Å². The summed E-state index contributed by atoms with van der Waals surface area (Å²) in [7, 11) is 1.69. The first-order chi connectivity index (χ1) is 10.1. The fourth-order valence-electron chi connectivity index (χ4n) is 1.90. The molecular formula is C16H15NO4. The highest BCUT2D eigenvalue weighted by molar-refractivity contribution is 5.91. The van der Waals surface area contributed by atoms with Gasteiger partial charge in [0.05, 0.1) is 6.26 Å². The smallest absolute Gasteiger partial charge is 0.328 e. The molecule has 1 aromatic carbocycles. The molecule has 108 valence electrons. The zero-order chi connectivity index (χ0) is 15.2. The Morgan fingerprint density at radius 2 is 2.10 bits per heavy atom. The Balaban J connectivity index is 2.07. The Bertz CT molecular complexity index is 659. The molecule has 0 aliphatic heterocycles. The largest absolute Gasteiger partial charge is 0.478 e. The van der Waals surface area contributed by atoms with E-state index >= 15 is 0 Å². The third-order valence-electron chi connectivity index (χ3n) is 2.87. The van der Waals surface area contributed by atoms with Gasteiger partial charge in [-0.3, -0.25) is 4.79 Å². The maximum absolute atomic E-state index is 12.1. The van der Waals surface area contributed by atoms with E-state index in [2.05, 4.69) is 0 Å². The predicted molar refractivity (Wildman–Crippen MR) is 77.6 cm³/mol. The molecule has 0 saturated carbocycles. The Labute approximate surface area is 122 Å². The minimum Gasteiger partial charge on any atom is -0.478 e. The van der Waals surface area contributed by atoms with E-state index in [0.717, 1.165) is 17.2 Å². The Morgan fingerprint density at radius 1 is 1.29 bits per heavy atom. The van der Waals surface area contributed by atoms with Crippen LogP contribution < -0.4 is 0 Å². The number of carboxylic acid groups (broad SMARTS) is 1. The molecule has 0 radical (unpaired) electrons. The number of hydrogen-bond acceptors (Lipinski definition) is 3. The van der Waals surface area contributed by atoms with Crippen molar-refractivity contribution in [1.82, 2.24) is 4.90 Å². The molecule has 2 aromatic rings. The minimum atomic E-state index is -0.995. The second kappa shape index (κ2) is 6.56. The molecule has 0 aliphatic rings. The summed E-state index contributed by atoms with van der Waals surface area (Å²) in [4.78, 5) is 24.1. The maximum Gasteiger partial charge on any atom is 0.328 e. The van der Waals surface area contributed by atoms with Crippen molar-refractivity contribution in [2.24, 2.45) is 0 Å². The van der Waals surface area contributed by atoms with Gasteiger partial charge in [-0.05, 0) is 35.4 Å². The number of furan rings is 1. The SMILES string of the molecule is CN(Cc1cccc(C=CC(=O)O)c1)C(=O)c1ccco1. The maximum atomic E-state index is 12.1. The van der Waals surface area contributed by atoms with Gasteiger partial charge in [0.2, 0.25) is 0 Å². The summed E-state index contributed by atoms with van der Waals surface area (Å²) in [5, 5.41) is 8.62. The monoisotopic (exact) mass is 285 g/mol. The van der Waals surface area contributed by atoms with Crippen LogP contribution in [0.4, 0.5) is 0 Å². The van der Waals surface area contributed by atoms with Crippen molar-refractivity contribution < 1.29 is 19.1 Å². The van der Waals surface area contributed by atoms with E-state index in [4.69, 9.17) is 9.52 Å². The van der Waals surface area contributed by atoms with Crippen LogP contribution in [-0.4, -0.2) is 28.9 Å². The van der Waals surface area contributed by atoms with E-state index < -0.39 is 5.97 Å². The number of amides is 1. The van der Waals surface area contributed by atoms with Gasteiger partial charge in [0.15, 0.2) is 5.76 Å². The lowest BCUT2D eigenvalue weighted by atomic mass is 10.1. The van der Waals surface area contributed by atoms with Crippen LogP contribution in [0.25, 0.3) is 6.08 Å². The molecule has 0 saturated heterocycles. The van der Waals surface area contributed by atoms with Crippen LogP contribution in [0.2, 0.25) is 0 Å². The van der Waals surface area contributed by atoms with E-state index in [9.17, 15) is 9.59 Å². The molecule has 5 nitrogen and oxygen atoms in total. The lowest BCUT2D eigenvalue weighted by Crippen LogP contribution is -2.25. The van der Waals surface area contributed by atoms with Crippen molar-refractivity contribution in [2.75, 3.05) is 7.05 Å². The fraction of sp³-hybridized carbons (Fsp3) is 0.125. The van der Waals surface area contributed by atoms with Gasteiger partial charge in [-0.15, -0.1) is 0 Å². The van der Waals surface area contributed by atoms with Crippen LogP contribution in [0, 0.1) is 0 Å². The number of carbonyl (C=O) groups excluding carboxylic acids is 1. The highest BCUT2D eigenvalue weighted by Gasteiger charge is 2.14. The van der Waals surface area contributed by atoms with Gasteiger partial charge in [-0.25, -0.2) is 4.79 Å². The molecule has 21 heavy (non-hydrogen) atoms. The van der Waals surface area contributed by atoms with Crippen LogP contribution in [0.15, 0.2) is 53.2 Å². The van der Waals surface area contributed by atoms with Crippen molar-refractivity contribution in [1.29, 1.82) is 0 Å². The van der Waals surface area contributed by atoms with E-state index in [0.29, 0.717) is 12.3 Å². The minimum absolute atomic E-state index is 0.202. The molecule has 0 aliphatic carbocycles. The summed E-state index contributed by atoms with van der Waals surface area (Å²) < 4.78 is 5.08. The van der Waals surface area contributed by atoms with Gasteiger partial charge in [0, 0.05) is 19.7 Å². The van der Waals surface area contributed by atoms with Gasteiger partial charge in [-0.2, -0.15) is 0 Å². The third kappa shape index (κ3) is 4.07. The number of hydrogen-bond donors (Lipinski definition) is 1. The molecule has 1 aromatic heterocycles. The average Bonchev–Trinajstić information content (AvgIpc) is 2.98. The number of rotatable bonds is 5. The van der Waals surface area contributed by atoms with Gasteiger partial charge in [-0.1, -0.05) is 18.2 Å². The van der Waals surface area contributed by atoms with Gasteiger partial charge >= 0.3 is 5.97 Å². The summed E-state index contributed by atoms with van der Waals surface area (Å²) in [6.45, 7) is 0.411. The molecule has 0 atom stereocenters. The zero-order valence-corrected chi connectivity index (χ0v) is 11.5. The second-order valence-electron chi connectivity index (χ2n) is 4.56. The zero-order valence-electron chi connectivity index (χ0n) is 11.5. The number of aliphatic carboxylic acids is 1. The van der Waals surface area contributed by atoms with Crippen LogP contribution in [0.5, 0.6) is 0 Å². The highest BCUT2D eigenvalue weighted by Crippen LogP contribution is 2.12. The molecule has 0 spiro atoms. The fourth-order valence-corrected chi connectivity index (χ4v) is 1.90. The quantitative estimate of drug-likeness (QED) is 0.857. The van der Waals surface area contributed by atoms with E-state index in [1.165, 1.54) is 12.3 Å². The second-order valence-corrected chi connectivity index (χ2v) is 4.56. The molecular weight excluding hydrogens is 270 g/mol. The summed E-state index contributed by atoms with van der Waals surface area (Å²) >= 11 is 0. The van der Waals surface area contributed by atoms with Gasteiger partial charge in [0.1, 0.15) is 0 Å². The summed E-state index contributed by atoms with van der Waals surface area (Å²) in [6.07, 6.45) is 4.05. The van der Waals surface area contributed by atoms with Crippen molar-refractivity contribution in [3.63, 3.8) is 0 Å². The molecule has 0 bridgehead atoms. The first-order valence-corrected chi connectivity index (χ1v) is 6.35. The Hall–Kier alpha value is -2.82. The number of benzene rings is 1. The van der Waals surface area contributed by atoms with Crippen molar-refractivity contribution >= 4 is 18.0 Å². The van der Waals surface area contributed by atoms with Gasteiger partial charge in [0.25, 0.3) is 5.91 Å². The van der Waals surface area contributed by atoms with E-state index in [1.54, 1.807) is 30.1 Å². The number of nitrogens with zero attached hydrogens (tertiary/aromatic N) is 1.